The van der Waals surface area contributed by atoms with Crippen LogP contribution in [-0.4, -0.2) is 12.8 Å². The van der Waals surface area contributed by atoms with Crippen LogP contribution in [-0.2, 0) is 9.09 Å². The van der Waals surface area contributed by atoms with Crippen LogP contribution in [0, 0.1) is 0 Å². The monoisotopic (exact) mass is 137 g/mol. The molecule has 0 bridgehead atoms. The van der Waals surface area contributed by atoms with Crippen molar-refractivity contribution in [2.24, 2.45) is 5.50 Å². The summed E-state index contributed by atoms with van der Waals surface area (Å²) in [5, 5.41) is 0. The van der Waals surface area contributed by atoms with Gasteiger partial charge in [-0.1, -0.05) is 0 Å². The predicted octanol–water partition coefficient (Wildman–Crippen LogP) is 1.19. The molecule has 0 saturated carbocycles. The molecule has 0 aromatic rings. The SMILES string of the molecule is CC(C)OP(C)(N)=O. The Bertz CT molecular complexity index is 107. The summed E-state index contributed by atoms with van der Waals surface area (Å²) in [5.74, 6) is 0. The Hall–Kier alpha value is 0.150. The second-order valence-electron chi connectivity index (χ2n) is 2.06. The Balaban J connectivity index is 3.56. The van der Waals surface area contributed by atoms with Crippen LogP contribution < -0.4 is 5.50 Å². The lowest BCUT2D eigenvalue weighted by atomic mass is 10.5. The molecule has 0 aliphatic heterocycles. The van der Waals surface area contributed by atoms with Crippen molar-refractivity contribution in [2.45, 2.75) is 20.0 Å². The second-order valence-corrected chi connectivity index (χ2v) is 4.09. The molecule has 2 N–H and O–H groups in total. The van der Waals surface area contributed by atoms with E-state index in [2.05, 4.69) is 0 Å². The Morgan fingerprint density at radius 2 is 2.00 bits per heavy atom. The van der Waals surface area contributed by atoms with E-state index in [-0.39, 0.29) is 6.10 Å². The van der Waals surface area contributed by atoms with Crippen LogP contribution in [0.15, 0.2) is 0 Å². The van der Waals surface area contributed by atoms with Crippen molar-refractivity contribution in [3.8, 4) is 0 Å². The van der Waals surface area contributed by atoms with Gasteiger partial charge < -0.3 is 4.52 Å². The second kappa shape index (κ2) is 2.62. The minimum Gasteiger partial charge on any atom is -0.315 e. The summed E-state index contributed by atoms with van der Waals surface area (Å²) in [5.41, 5.74) is 5.07. The standard InChI is InChI=1S/C4H12NO2P/c1-4(2)7-8(3,5)6/h4H,1-3H3,(H2,5,6). The van der Waals surface area contributed by atoms with Crippen LogP contribution >= 0.6 is 7.52 Å². The third-order valence-electron chi connectivity index (χ3n) is 0.420. The molecule has 3 nitrogen and oxygen atoms in total. The molecule has 0 fully saturated rings. The molecular formula is C4H12NO2P. The van der Waals surface area contributed by atoms with Gasteiger partial charge in [0.25, 0.3) is 7.52 Å². The normalized spacial score (nSPS) is 18.6. The van der Waals surface area contributed by atoms with Gasteiger partial charge in [-0.15, -0.1) is 0 Å². The van der Waals surface area contributed by atoms with Crippen molar-refractivity contribution >= 4 is 7.52 Å². The molecule has 0 radical (unpaired) electrons. The highest BCUT2D eigenvalue weighted by Gasteiger charge is 2.08. The number of rotatable bonds is 2. The summed E-state index contributed by atoms with van der Waals surface area (Å²) < 4.78 is 15.4. The van der Waals surface area contributed by atoms with Crippen molar-refractivity contribution in [3.63, 3.8) is 0 Å². The summed E-state index contributed by atoms with van der Waals surface area (Å²) in [6.45, 7) is 4.99. The highest BCUT2D eigenvalue weighted by atomic mass is 31.2. The van der Waals surface area contributed by atoms with Gasteiger partial charge in [0.1, 0.15) is 0 Å². The molecule has 0 spiro atoms. The van der Waals surface area contributed by atoms with E-state index in [1.807, 2.05) is 0 Å². The summed E-state index contributed by atoms with van der Waals surface area (Å²) in [6.07, 6.45) is -0.0455. The Labute approximate surface area is 49.7 Å². The lowest BCUT2D eigenvalue weighted by Gasteiger charge is -2.09. The maximum atomic E-state index is 10.6. The third-order valence-corrected chi connectivity index (χ3v) is 1.26. The molecule has 0 rings (SSSR count). The maximum absolute atomic E-state index is 10.6. The lowest BCUT2D eigenvalue weighted by molar-refractivity contribution is 0.246. The van der Waals surface area contributed by atoms with Crippen molar-refractivity contribution in [1.29, 1.82) is 0 Å². The molecule has 1 atom stereocenters. The average Bonchev–Trinajstić information content (AvgIpc) is 1.21. The Morgan fingerprint density at radius 3 is 2.00 bits per heavy atom. The van der Waals surface area contributed by atoms with Gasteiger partial charge in [0.05, 0.1) is 6.10 Å². The summed E-state index contributed by atoms with van der Waals surface area (Å²) in [6, 6.07) is 0. The lowest BCUT2D eigenvalue weighted by Crippen LogP contribution is -2.04. The average molecular weight is 137 g/mol. The van der Waals surface area contributed by atoms with Crippen molar-refractivity contribution < 1.29 is 9.09 Å². The van der Waals surface area contributed by atoms with E-state index in [4.69, 9.17) is 10.0 Å². The molecule has 0 amide bonds. The molecule has 8 heavy (non-hydrogen) atoms. The topological polar surface area (TPSA) is 52.3 Å². The van der Waals surface area contributed by atoms with E-state index < -0.39 is 7.52 Å². The summed E-state index contributed by atoms with van der Waals surface area (Å²) in [7, 11) is -2.72. The van der Waals surface area contributed by atoms with E-state index in [0.29, 0.717) is 0 Å². The first kappa shape index (κ1) is 8.15. The van der Waals surface area contributed by atoms with Crippen LogP contribution in [0.25, 0.3) is 0 Å². The molecule has 4 heteroatoms. The zero-order chi connectivity index (χ0) is 6.78. The quantitative estimate of drug-likeness (QED) is 0.581. The molecule has 0 saturated heterocycles. The van der Waals surface area contributed by atoms with Gasteiger partial charge in [0.2, 0.25) is 0 Å². The zero-order valence-electron chi connectivity index (χ0n) is 5.42. The zero-order valence-corrected chi connectivity index (χ0v) is 6.31. The highest BCUT2D eigenvalue weighted by molar-refractivity contribution is 7.55. The first-order valence-corrected chi connectivity index (χ1v) is 4.60. The van der Waals surface area contributed by atoms with E-state index >= 15 is 0 Å². The van der Waals surface area contributed by atoms with Gasteiger partial charge in [0.15, 0.2) is 0 Å². The fourth-order valence-electron chi connectivity index (χ4n) is 0.419. The Morgan fingerprint density at radius 1 is 1.62 bits per heavy atom. The van der Waals surface area contributed by atoms with Gasteiger partial charge in [0, 0.05) is 6.66 Å². The van der Waals surface area contributed by atoms with Gasteiger partial charge in [-0.25, -0.2) is 0 Å². The molecule has 0 aliphatic rings. The molecule has 1 unspecified atom stereocenters. The van der Waals surface area contributed by atoms with Gasteiger partial charge in [-0.05, 0) is 13.8 Å². The summed E-state index contributed by atoms with van der Waals surface area (Å²) in [4.78, 5) is 0. The van der Waals surface area contributed by atoms with E-state index in [1.54, 1.807) is 13.8 Å². The fourth-order valence-corrected chi connectivity index (χ4v) is 1.26. The smallest absolute Gasteiger partial charge is 0.264 e. The minimum absolute atomic E-state index is 0.0455. The molecule has 0 heterocycles. The molecule has 0 aromatic carbocycles. The summed E-state index contributed by atoms with van der Waals surface area (Å²) >= 11 is 0. The maximum Gasteiger partial charge on any atom is 0.264 e. The van der Waals surface area contributed by atoms with Crippen molar-refractivity contribution in [2.75, 3.05) is 6.66 Å². The first-order valence-electron chi connectivity index (χ1n) is 2.46. The predicted molar refractivity (Wildman–Crippen MR) is 33.9 cm³/mol. The van der Waals surface area contributed by atoms with Crippen LogP contribution in [0.1, 0.15) is 13.8 Å². The van der Waals surface area contributed by atoms with Crippen LogP contribution in [0.4, 0.5) is 0 Å². The highest BCUT2D eigenvalue weighted by Crippen LogP contribution is 2.33. The van der Waals surface area contributed by atoms with Gasteiger partial charge in [-0.2, -0.15) is 0 Å². The van der Waals surface area contributed by atoms with Crippen LogP contribution in [0.2, 0.25) is 0 Å². The molecular weight excluding hydrogens is 125 g/mol. The third kappa shape index (κ3) is 6.15. The fraction of sp³-hybridized carbons (Fsp3) is 1.00. The number of hydrogen-bond donors (Lipinski definition) is 1. The number of nitrogens with two attached hydrogens (primary N) is 1. The van der Waals surface area contributed by atoms with Gasteiger partial charge in [-0.3, -0.25) is 10.1 Å². The van der Waals surface area contributed by atoms with Crippen molar-refractivity contribution in [3.05, 3.63) is 0 Å². The number of hydrogen-bond acceptors (Lipinski definition) is 2. The molecule has 0 aliphatic carbocycles. The minimum atomic E-state index is -2.72. The first-order chi connectivity index (χ1) is 3.42. The van der Waals surface area contributed by atoms with Crippen LogP contribution in [0.5, 0.6) is 0 Å². The van der Waals surface area contributed by atoms with E-state index in [0.717, 1.165) is 0 Å². The van der Waals surface area contributed by atoms with Crippen LogP contribution in [0.3, 0.4) is 0 Å². The van der Waals surface area contributed by atoms with E-state index in [1.165, 1.54) is 6.66 Å². The van der Waals surface area contributed by atoms with Gasteiger partial charge >= 0.3 is 0 Å². The molecule has 0 aromatic heterocycles. The largest absolute Gasteiger partial charge is 0.315 e. The Kier molecular flexibility index (Phi) is 2.67. The van der Waals surface area contributed by atoms with E-state index in [9.17, 15) is 4.57 Å². The molecule has 50 valence electrons. The van der Waals surface area contributed by atoms with Crippen molar-refractivity contribution in [1.82, 2.24) is 0 Å².